The number of likely N-dealkylation sites (tertiary alicyclic amines) is 1. The Balaban J connectivity index is 2.05. The van der Waals surface area contributed by atoms with Gasteiger partial charge in [-0.25, -0.2) is 0 Å². The SMILES string of the molecule is CC(CNCC1CCN(C)CC1)N(C)C. The lowest BCUT2D eigenvalue weighted by Crippen LogP contribution is -2.40. The summed E-state index contributed by atoms with van der Waals surface area (Å²) in [6, 6.07) is 0.635. The van der Waals surface area contributed by atoms with E-state index in [1.807, 2.05) is 0 Å². The molecule has 1 fully saturated rings. The van der Waals surface area contributed by atoms with E-state index >= 15 is 0 Å². The Morgan fingerprint density at radius 2 is 1.93 bits per heavy atom. The number of hydrogen-bond donors (Lipinski definition) is 1. The summed E-state index contributed by atoms with van der Waals surface area (Å²) in [6.45, 7) is 7.12. The highest BCUT2D eigenvalue weighted by Gasteiger charge is 2.16. The number of hydrogen-bond acceptors (Lipinski definition) is 3. The van der Waals surface area contributed by atoms with Gasteiger partial charge < -0.3 is 15.1 Å². The van der Waals surface area contributed by atoms with Crippen molar-refractivity contribution >= 4 is 0 Å². The van der Waals surface area contributed by atoms with Crippen molar-refractivity contribution in [2.24, 2.45) is 5.92 Å². The van der Waals surface area contributed by atoms with Gasteiger partial charge in [0.05, 0.1) is 0 Å². The van der Waals surface area contributed by atoms with Gasteiger partial charge in [-0.2, -0.15) is 0 Å². The number of nitrogens with one attached hydrogen (secondary N) is 1. The largest absolute Gasteiger partial charge is 0.315 e. The average Bonchev–Trinajstić information content (AvgIpc) is 2.20. The third-order valence-electron chi connectivity index (χ3n) is 3.59. The van der Waals surface area contributed by atoms with Crippen LogP contribution in [0.3, 0.4) is 0 Å². The van der Waals surface area contributed by atoms with Gasteiger partial charge in [-0.05, 0) is 66.5 Å². The second-order valence-electron chi connectivity index (χ2n) is 5.22. The van der Waals surface area contributed by atoms with E-state index < -0.39 is 0 Å². The standard InChI is InChI=1S/C12H27N3/c1-11(14(2)3)9-13-10-12-5-7-15(4)8-6-12/h11-13H,5-10H2,1-4H3. The average molecular weight is 213 g/mol. The smallest absolute Gasteiger partial charge is 0.0186 e. The van der Waals surface area contributed by atoms with Crippen molar-refractivity contribution in [1.29, 1.82) is 0 Å². The number of rotatable bonds is 5. The Kier molecular flexibility index (Phi) is 5.58. The van der Waals surface area contributed by atoms with E-state index in [0.29, 0.717) is 6.04 Å². The van der Waals surface area contributed by atoms with Crippen molar-refractivity contribution in [2.75, 3.05) is 47.3 Å². The molecule has 3 heteroatoms. The zero-order valence-electron chi connectivity index (χ0n) is 10.8. The summed E-state index contributed by atoms with van der Waals surface area (Å²) in [6.07, 6.45) is 2.72. The van der Waals surface area contributed by atoms with E-state index in [0.717, 1.165) is 12.5 Å². The molecule has 1 unspecified atom stereocenters. The Hall–Kier alpha value is -0.120. The fourth-order valence-electron chi connectivity index (χ4n) is 1.95. The first-order chi connectivity index (χ1) is 7.09. The van der Waals surface area contributed by atoms with E-state index in [2.05, 4.69) is 43.2 Å². The summed E-state index contributed by atoms with van der Waals surface area (Å²) < 4.78 is 0. The van der Waals surface area contributed by atoms with Crippen molar-refractivity contribution in [3.05, 3.63) is 0 Å². The predicted octanol–water partition coefficient (Wildman–Crippen LogP) is 0.868. The van der Waals surface area contributed by atoms with Gasteiger partial charge in [0.1, 0.15) is 0 Å². The molecular formula is C12H27N3. The van der Waals surface area contributed by atoms with Gasteiger partial charge in [0.15, 0.2) is 0 Å². The van der Waals surface area contributed by atoms with Gasteiger partial charge in [-0.15, -0.1) is 0 Å². The number of nitrogens with zero attached hydrogens (tertiary/aromatic N) is 2. The molecule has 1 aliphatic rings. The number of piperidine rings is 1. The molecule has 3 nitrogen and oxygen atoms in total. The molecule has 90 valence electrons. The third-order valence-corrected chi connectivity index (χ3v) is 3.59. The monoisotopic (exact) mass is 213 g/mol. The van der Waals surface area contributed by atoms with Gasteiger partial charge in [0.25, 0.3) is 0 Å². The molecule has 1 atom stereocenters. The minimum absolute atomic E-state index is 0.635. The molecule has 0 amide bonds. The van der Waals surface area contributed by atoms with E-state index in [9.17, 15) is 0 Å². The topological polar surface area (TPSA) is 18.5 Å². The Morgan fingerprint density at radius 3 is 2.47 bits per heavy atom. The molecule has 1 rings (SSSR count). The van der Waals surface area contributed by atoms with Crippen LogP contribution < -0.4 is 5.32 Å². The maximum Gasteiger partial charge on any atom is 0.0186 e. The molecule has 0 bridgehead atoms. The van der Waals surface area contributed by atoms with Crippen LogP contribution >= 0.6 is 0 Å². The maximum atomic E-state index is 3.59. The third kappa shape index (κ3) is 4.96. The van der Waals surface area contributed by atoms with E-state index in [-0.39, 0.29) is 0 Å². The van der Waals surface area contributed by atoms with Gasteiger partial charge in [0.2, 0.25) is 0 Å². The molecule has 0 aromatic heterocycles. The van der Waals surface area contributed by atoms with Crippen LogP contribution in [0.4, 0.5) is 0 Å². The zero-order valence-corrected chi connectivity index (χ0v) is 10.8. The maximum absolute atomic E-state index is 3.59. The quantitative estimate of drug-likeness (QED) is 0.731. The molecule has 0 spiro atoms. The summed E-state index contributed by atoms with van der Waals surface area (Å²) in [5.74, 6) is 0.899. The van der Waals surface area contributed by atoms with Gasteiger partial charge in [-0.1, -0.05) is 0 Å². The van der Waals surface area contributed by atoms with E-state index in [4.69, 9.17) is 0 Å². The normalized spacial score (nSPS) is 22.2. The molecule has 15 heavy (non-hydrogen) atoms. The Bertz CT molecular complexity index is 162. The molecule has 0 aromatic rings. The minimum atomic E-state index is 0.635. The van der Waals surface area contributed by atoms with Crippen molar-refractivity contribution in [2.45, 2.75) is 25.8 Å². The Morgan fingerprint density at radius 1 is 1.33 bits per heavy atom. The van der Waals surface area contributed by atoms with Crippen LogP contribution in [0.1, 0.15) is 19.8 Å². The first kappa shape index (κ1) is 12.9. The molecule has 1 N–H and O–H groups in total. The van der Waals surface area contributed by atoms with Crippen LogP contribution in [0.25, 0.3) is 0 Å². The Labute approximate surface area is 94.8 Å². The summed E-state index contributed by atoms with van der Waals surface area (Å²) in [5.41, 5.74) is 0. The highest BCUT2D eigenvalue weighted by Crippen LogP contribution is 2.14. The van der Waals surface area contributed by atoms with E-state index in [1.165, 1.54) is 32.5 Å². The lowest BCUT2D eigenvalue weighted by atomic mass is 9.97. The summed E-state index contributed by atoms with van der Waals surface area (Å²) in [5, 5.41) is 3.59. The minimum Gasteiger partial charge on any atom is -0.315 e. The van der Waals surface area contributed by atoms with Crippen LogP contribution in [-0.2, 0) is 0 Å². The highest BCUT2D eigenvalue weighted by atomic mass is 15.1. The lowest BCUT2D eigenvalue weighted by Gasteiger charge is -2.29. The highest BCUT2D eigenvalue weighted by molar-refractivity contribution is 4.73. The second-order valence-corrected chi connectivity index (χ2v) is 5.22. The fraction of sp³-hybridized carbons (Fsp3) is 1.00. The molecular weight excluding hydrogens is 186 g/mol. The van der Waals surface area contributed by atoms with Gasteiger partial charge >= 0.3 is 0 Å². The van der Waals surface area contributed by atoms with Crippen molar-refractivity contribution in [3.8, 4) is 0 Å². The lowest BCUT2D eigenvalue weighted by molar-refractivity contribution is 0.211. The molecule has 1 aliphatic heterocycles. The van der Waals surface area contributed by atoms with Crippen LogP contribution in [-0.4, -0.2) is 63.2 Å². The summed E-state index contributed by atoms with van der Waals surface area (Å²) >= 11 is 0. The van der Waals surface area contributed by atoms with Gasteiger partial charge in [-0.3, -0.25) is 0 Å². The summed E-state index contributed by atoms with van der Waals surface area (Å²) in [7, 11) is 6.50. The van der Waals surface area contributed by atoms with Crippen LogP contribution in [0.5, 0.6) is 0 Å². The van der Waals surface area contributed by atoms with Crippen molar-refractivity contribution < 1.29 is 0 Å². The van der Waals surface area contributed by atoms with Crippen molar-refractivity contribution in [1.82, 2.24) is 15.1 Å². The van der Waals surface area contributed by atoms with Gasteiger partial charge in [0, 0.05) is 12.6 Å². The first-order valence-electron chi connectivity index (χ1n) is 6.15. The molecule has 1 heterocycles. The predicted molar refractivity (Wildman–Crippen MR) is 66.2 cm³/mol. The zero-order chi connectivity index (χ0) is 11.3. The molecule has 0 aromatic carbocycles. The molecule has 1 saturated heterocycles. The van der Waals surface area contributed by atoms with Crippen LogP contribution in [0.2, 0.25) is 0 Å². The molecule has 0 saturated carbocycles. The van der Waals surface area contributed by atoms with Crippen LogP contribution in [0.15, 0.2) is 0 Å². The second kappa shape index (κ2) is 6.46. The molecule has 0 radical (unpaired) electrons. The summed E-state index contributed by atoms with van der Waals surface area (Å²) in [4.78, 5) is 4.70. The molecule has 0 aliphatic carbocycles. The van der Waals surface area contributed by atoms with Crippen LogP contribution in [0, 0.1) is 5.92 Å². The van der Waals surface area contributed by atoms with Crippen molar-refractivity contribution in [3.63, 3.8) is 0 Å². The van der Waals surface area contributed by atoms with E-state index in [1.54, 1.807) is 0 Å². The fourth-order valence-corrected chi connectivity index (χ4v) is 1.95. The number of likely N-dealkylation sites (N-methyl/N-ethyl adjacent to an activating group) is 1. The first-order valence-corrected chi connectivity index (χ1v) is 6.15.